The highest BCUT2D eigenvalue weighted by molar-refractivity contribution is 7.86. The van der Waals surface area contributed by atoms with Gasteiger partial charge in [-0.25, -0.2) is 0 Å². The molecule has 0 fully saturated rings. The van der Waals surface area contributed by atoms with Crippen LogP contribution in [-0.2, 0) is 20.2 Å². The quantitative estimate of drug-likeness (QED) is 0.672. The van der Waals surface area contributed by atoms with Gasteiger partial charge < -0.3 is 5.48 Å². The molecular formula is C6H18O7S2. The highest BCUT2D eigenvalue weighted by Gasteiger charge is 1.98. The van der Waals surface area contributed by atoms with Crippen LogP contribution in [0.2, 0.25) is 0 Å². The molecule has 96 valence electrons. The van der Waals surface area contributed by atoms with E-state index in [1.165, 1.54) is 0 Å². The fourth-order valence-electron chi connectivity index (χ4n) is 0.516. The Morgan fingerprint density at radius 1 is 0.800 bits per heavy atom. The van der Waals surface area contributed by atoms with E-state index in [1.807, 2.05) is 0 Å². The van der Waals surface area contributed by atoms with Gasteiger partial charge in [0, 0.05) is 0 Å². The molecule has 0 spiro atoms. The minimum absolute atomic E-state index is 0. The second-order valence-corrected chi connectivity index (χ2v) is 5.72. The Labute approximate surface area is 90.3 Å². The molecule has 9 heteroatoms. The Bertz CT molecular complexity index is 281. The van der Waals surface area contributed by atoms with Crippen LogP contribution in [0.4, 0.5) is 0 Å². The van der Waals surface area contributed by atoms with E-state index >= 15 is 0 Å². The second-order valence-electron chi connectivity index (χ2n) is 2.57. The molecule has 0 aliphatic rings. The van der Waals surface area contributed by atoms with Crippen molar-refractivity contribution in [1.82, 2.24) is 0 Å². The zero-order chi connectivity index (χ0) is 11.8. The summed E-state index contributed by atoms with van der Waals surface area (Å²) in [5, 5.41) is 0. The summed E-state index contributed by atoms with van der Waals surface area (Å²) in [5.74, 6) is -0.264. The molecule has 15 heavy (non-hydrogen) atoms. The van der Waals surface area contributed by atoms with Crippen molar-refractivity contribution in [2.24, 2.45) is 0 Å². The lowest BCUT2D eigenvalue weighted by atomic mass is 10.6. The van der Waals surface area contributed by atoms with Crippen molar-refractivity contribution in [3.05, 3.63) is 0 Å². The zero-order valence-electron chi connectivity index (χ0n) is 8.67. The van der Waals surface area contributed by atoms with Crippen molar-refractivity contribution < 1.29 is 31.4 Å². The molecule has 0 saturated carbocycles. The lowest BCUT2D eigenvalue weighted by Crippen LogP contribution is -2.01. The zero-order valence-corrected chi connectivity index (χ0v) is 10.3. The third-order valence-corrected chi connectivity index (χ3v) is 2.77. The van der Waals surface area contributed by atoms with E-state index in [2.05, 4.69) is 0 Å². The Kier molecular flexibility index (Phi) is 12.2. The summed E-state index contributed by atoms with van der Waals surface area (Å²) in [6.07, 6.45) is 0.942. The summed E-state index contributed by atoms with van der Waals surface area (Å²) >= 11 is 0. The number of rotatable bonds is 4. The fraction of sp³-hybridized carbons (Fsp3) is 1.00. The van der Waals surface area contributed by atoms with E-state index in [0.717, 1.165) is 0 Å². The summed E-state index contributed by atoms with van der Waals surface area (Å²) < 4.78 is 55.1. The lowest BCUT2D eigenvalue weighted by Gasteiger charge is -1.86. The van der Waals surface area contributed by atoms with Crippen molar-refractivity contribution >= 4 is 20.2 Å². The molecule has 0 aromatic rings. The summed E-state index contributed by atoms with van der Waals surface area (Å²) in [4.78, 5) is 0. The van der Waals surface area contributed by atoms with E-state index in [4.69, 9.17) is 9.11 Å². The van der Waals surface area contributed by atoms with E-state index in [9.17, 15) is 16.8 Å². The normalized spacial score (nSPS) is 10.9. The fourth-order valence-corrected chi connectivity index (χ4v) is 1.55. The molecule has 0 aliphatic heterocycles. The van der Waals surface area contributed by atoms with Crippen LogP contribution in [0.5, 0.6) is 0 Å². The summed E-state index contributed by atoms with van der Waals surface area (Å²) in [7, 11) is -7.35. The summed E-state index contributed by atoms with van der Waals surface area (Å²) in [5.41, 5.74) is 0. The Morgan fingerprint density at radius 2 is 1.00 bits per heavy atom. The van der Waals surface area contributed by atoms with E-state index in [-0.39, 0.29) is 17.0 Å². The van der Waals surface area contributed by atoms with Gasteiger partial charge in [-0.15, -0.1) is 0 Å². The highest BCUT2D eigenvalue weighted by Crippen LogP contribution is 1.84. The predicted molar refractivity (Wildman–Crippen MR) is 57.0 cm³/mol. The van der Waals surface area contributed by atoms with Crippen molar-refractivity contribution in [3.8, 4) is 0 Å². The first-order valence-electron chi connectivity index (χ1n) is 4.02. The van der Waals surface area contributed by atoms with Crippen LogP contribution in [0, 0.1) is 0 Å². The molecule has 0 heterocycles. The van der Waals surface area contributed by atoms with Crippen LogP contribution in [0.15, 0.2) is 0 Å². The first-order valence-corrected chi connectivity index (χ1v) is 7.24. The number of hydrogen-bond acceptors (Lipinski definition) is 4. The topological polar surface area (TPSA) is 140 Å². The largest absolute Gasteiger partial charge is 0.412 e. The van der Waals surface area contributed by atoms with Gasteiger partial charge in [0.05, 0.1) is 11.5 Å². The molecule has 0 bridgehead atoms. The molecule has 0 aliphatic carbocycles. The van der Waals surface area contributed by atoms with Crippen molar-refractivity contribution in [2.75, 3.05) is 11.5 Å². The minimum atomic E-state index is -3.67. The van der Waals surface area contributed by atoms with Gasteiger partial charge in [-0.1, -0.05) is 13.8 Å². The predicted octanol–water partition coefficient (Wildman–Crippen LogP) is -0.256. The SMILES string of the molecule is CCCS(=O)(=O)O.CCCS(=O)(=O)O.O. The maximum atomic E-state index is 9.79. The molecule has 4 N–H and O–H groups in total. The number of hydrogen-bond donors (Lipinski definition) is 2. The summed E-state index contributed by atoms with van der Waals surface area (Å²) in [6, 6.07) is 0. The smallest absolute Gasteiger partial charge is 0.264 e. The average Bonchev–Trinajstić information content (AvgIpc) is 1.81. The molecular weight excluding hydrogens is 248 g/mol. The van der Waals surface area contributed by atoms with Gasteiger partial charge in [-0.3, -0.25) is 9.11 Å². The molecule has 0 unspecified atom stereocenters. The van der Waals surface area contributed by atoms with Gasteiger partial charge >= 0.3 is 0 Å². The van der Waals surface area contributed by atoms with Crippen LogP contribution in [0.3, 0.4) is 0 Å². The Balaban J connectivity index is -0.000000180. The average molecular weight is 266 g/mol. The van der Waals surface area contributed by atoms with Crippen LogP contribution in [-0.4, -0.2) is 42.9 Å². The molecule has 0 aromatic carbocycles. The van der Waals surface area contributed by atoms with Gasteiger partial charge in [0.15, 0.2) is 0 Å². The Hall–Kier alpha value is -0.220. The standard InChI is InChI=1S/2C3H8O3S.H2O/c2*1-2-3-7(4,5)6;/h2*2-3H2,1H3,(H,4,5,6);1H2. The molecule has 0 atom stereocenters. The molecule has 0 amide bonds. The second kappa shape index (κ2) is 9.04. The van der Waals surface area contributed by atoms with Crippen LogP contribution in [0.25, 0.3) is 0 Å². The molecule has 0 radical (unpaired) electrons. The third-order valence-electron chi connectivity index (χ3n) is 0.924. The maximum Gasteiger partial charge on any atom is 0.264 e. The van der Waals surface area contributed by atoms with Gasteiger partial charge in [0.25, 0.3) is 20.2 Å². The summed E-state index contributed by atoms with van der Waals surface area (Å²) in [6.45, 7) is 3.38. The van der Waals surface area contributed by atoms with Gasteiger partial charge in [-0.2, -0.15) is 16.8 Å². The lowest BCUT2D eigenvalue weighted by molar-refractivity contribution is 0.480. The van der Waals surface area contributed by atoms with Crippen LogP contribution < -0.4 is 0 Å². The van der Waals surface area contributed by atoms with Gasteiger partial charge in [-0.05, 0) is 12.8 Å². The Morgan fingerprint density at radius 3 is 1.00 bits per heavy atom. The van der Waals surface area contributed by atoms with E-state index in [0.29, 0.717) is 12.8 Å². The molecule has 0 saturated heterocycles. The third kappa shape index (κ3) is 31.6. The van der Waals surface area contributed by atoms with E-state index in [1.54, 1.807) is 13.8 Å². The van der Waals surface area contributed by atoms with Gasteiger partial charge in [0.2, 0.25) is 0 Å². The minimum Gasteiger partial charge on any atom is -0.412 e. The van der Waals surface area contributed by atoms with Crippen molar-refractivity contribution in [2.45, 2.75) is 26.7 Å². The first-order chi connectivity index (χ1) is 6.12. The molecule has 0 rings (SSSR count). The van der Waals surface area contributed by atoms with Gasteiger partial charge in [0.1, 0.15) is 0 Å². The van der Waals surface area contributed by atoms with Crippen molar-refractivity contribution in [1.29, 1.82) is 0 Å². The van der Waals surface area contributed by atoms with E-state index < -0.39 is 20.2 Å². The van der Waals surface area contributed by atoms with Crippen LogP contribution in [0.1, 0.15) is 26.7 Å². The monoisotopic (exact) mass is 266 g/mol. The van der Waals surface area contributed by atoms with Crippen LogP contribution >= 0.6 is 0 Å². The molecule has 0 aromatic heterocycles. The molecule has 7 nitrogen and oxygen atoms in total. The highest BCUT2D eigenvalue weighted by atomic mass is 32.2. The van der Waals surface area contributed by atoms with Crippen molar-refractivity contribution in [3.63, 3.8) is 0 Å². The first kappa shape index (κ1) is 20.2. The maximum absolute atomic E-state index is 9.79.